The number of rotatable bonds is 4. The topological polar surface area (TPSA) is 101 Å². The molecule has 0 unspecified atom stereocenters. The predicted molar refractivity (Wildman–Crippen MR) is 90.6 cm³/mol. The van der Waals surface area contributed by atoms with Gasteiger partial charge in [-0.05, 0) is 43.2 Å². The number of aromatic nitrogens is 2. The standard InChI is InChI=1S/C17H19N5O2/c18-15(23)12-4-6-14(7-5-12)21-16(24)13-3-1-10-22(11-13)17-19-8-2-9-20-17/h2,4-9,13H,1,3,10-11H2,(H2,18,23)(H,21,24)/t13-/m1/s1. The molecule has 1 aliphatic heterocycles. The summed E-state index contributed by atoms with van der Waals surface area (Å²) in [6, 6.07) is 8.33. The summed E-state index contributed by atoms with van der Waals surface area (Å²) in [6.07, 6.45) is 5.14. The number of hydrogen-bond acceptors (Lipinski definition) is 5. The van der Waals surface area contributed by atoms with Gasteiger partial charge >= 0.3 is 0 Å². The lowest BCUT2D eigenvalue weighted by molar-refractivity contribution is -0.120. The van der Waals surface area contributed by atoms with Gasteiger partial charge in [0, 0.05) is 36.7 Å². The molecule has 1 aliphatic rings. The molecule has 7 heteroatoms. The Morgan fingerprint density at radius 3 is 2.54 bits per heavy atom. The number of piperidine rings is 1. The molecule has 1 aromatic heterocycles. The van der Waals surface area contributed by atoms with Crippen LogP contribution < -0.4 is 16.0 Å². The summed E-state index contributed by atoms with van der Waals surface area (Å²) in [7, 11) is 0. The monoisotopic (exact) mass is 325 g/mol. The Hall–Kier alpha value is -2.96. The van der Waals surface area contributed by atoms with E-state index < -0.39 is 5.91 Å². The average Bonchev–Trinajstić information content (AvgIpc) is 2.63. The summed E-state index contributed by atoms with van der Waals surface area (Å²) in [5.74, 6) is 0.000278. The highest BCUT2D eigenvalue weighted by atomic mass is 16.2. The summed E-state index contributed by atoms with van der Waals surface area (Å²) in [5, 5.41) is 2.89. The maximum Gasteiger partial charge on any atom is 0.248 e. The minimum Gasteiger partial charge on any atom is -0.366 e. The Morgan fingerprint density at radius 1 is 1.17 bits per heavy atom. The zero-order valence-electron chi connectivity index (χ0n) is 13.2. The molecule has 1 fully saturated rings. The number of amides is 2. The van der Waals surface area contributed by atoms with Gasteiger partial charge in [-0.1, -0.05) is 0 Å². The Labute approximate surface area is 139 Å². The fraction of sp³-hybridized carbons (Fsp3) is 0.294. The first-order valence-electron chi connectivity index (χ1n) is 7.86. The van der Waals surface area contributed by atoms with E-state index in [0.717, 1.165) is 19.4 Å². The molecule has 3 N–H and O–H groups in total. The van der Waals surface area contributed by atoms with Crippen LogP contribution in [-0.4, -0.2) is 34.9 Å². The maximum absolute atomic E-state index is 12.5. The van der Waals surface area contributed by atoms with Gasteiger partial charge in [0.15, 0.2) is 0 Å². The second kappa shape index (κ2) is 7.08. The van der Waals surface area contributed by atoms with E-state index in [1.807, 2.05) is 4.90 Å². The summed E-state index contributed by atoms with van der Waals surface area (Å²) < 4.78 is 0. The Bertz CT molecular complexity index is 718. The SMILES string of the molecule is NC(=O)c1ccc(NC(=O)[C@@H]2CCCN(c3ncccn3)C2)cc1. The van der Waals surface area contributed by atoms with Crippen molar-refractivity contribution in [3.05, 3.63) is 48.3 Å². The van der Waals surface area contributed by atoms with E-state index in [4.69, 9.17) is 5.73 Å². The van der Waals surface area contributed by atoms with Crippen LogP contribution in [0.2, 0.25) is 0 Å². The van der Waals surface area contributed by atoms with Gasteiger partial charge < -0.3 is 16.0 Å². The molecule has 124 valence electrons. The molecule has 0 bridgehead atoms. The minimum absolute atomic E-state index is 0.0394. The fourth-order valence-electron chi connectivity index (χ4n) is 2.79. The quantitative estimate of drug-likeness (QED) is 0.885. The van der Waals surface area contributed by atoms with Gasteiger partial charge in [0.05, 0.1) is 5.92 Å². The Balaban J connectivity index is 1.63. The van der Waals surface area contributed by atoms with Crippen LogP contribution in [0.3, 0.4) is 0 Å². The van der Waals surface area contributed by atoms with Gasteiger partial charge in [-0.25, -0.2) is 9.97 Å². The smallest absolute Gasteiger partial charge is 0.248 e. The third kappa shape index (κ3) is 3.68. The van der Waals surface area contributed by atoms with Crippen LogP contribution in [0.4, 0.5) is 11.6 Å². The van der Waals surface area contributed by atoms with Crippen LogP contribution in [0.25, 0.3) is 0 Å². The van der Waals surface area contributed by atoms with Crippen molar-refractivity contribution < 1.29 is 9.59 Å². The van der Waals surface area contributed by atoms with Crippen LogP contribution in [0.1, 0.15) is 23.2 Å². The lowest BCUT2D eigenvalue weighted by atomic mass is 9.97. The van der Waals surface area contributed by atoms with Gasteiger partial charge in [0.1, 0.15) is 0 Å². The van der Waals surface area contributed by atoms with Gasteiger partial charge in [-0.15, -0.1) is 0 Å². The van der Waals surface area contributed by atoms with Crippen LogP contribution in [0.15, 0.2) is 42.7 Å². The average molecular weight is 325 g/mol. The van der Waals surface area contributed by atoms with E-state index in [1.165, 1.54) is 0 Å². The molecule has 0 spiro atoms. The first-order chi connectivity index (χ1) is 11.6. The van der Waals surface area contributed by atoms with E-state index in [9.17, 15) is 9.59 Å². The molecular formula is C17H19N5O2. The van der Waals surface area contributed by atoms with Crippen molar-refractivity contribution in [1.82, 2.24) is 9.97 Å². The molecule has 1 saturated heterocycles. The van der Waals surface area contributed by atoms with Gasteiger partial charge in [0.25, 0.3) is 0 Å². The number of nitrogens with two attached hydrogens (primary N) is 1. The Morgan fingerprint density at radius 2 is 1.88 bits per heavy atom. The largest absolute Gasteiger partial charge is 0.366 e. The second-order valence-corrected chi connectivity index (χ2v) is 5.76. The molecule has 7 nitrogen and oxygen atoms in total. The molecule has 1 aromatic carbocycles. The van der Waals surface area contributed by atoms with Crippen molar-refractivity contribution >= 4 is 23.5 Å². The molecule has 3 rings (SSSR count). The van der Waals surface area contributed by atoms with Crippen LogP contribution in [-0.2, 0) is 4.79 Å². The van der Waals surface area contributed by atoms with Crippen molar-refractivity contribution in [1.29, 1.82) is 0 Å². The van der Waals surface area contributed by atoms with Crippen molar-refractivity contribution in [2.75, 3.05) is 23.3 Å². The van der Waals surface area contributed by atoms with Crippen molar-refractivity contribution in [2.24, 2.45) is 11.7 Å². The van der Waals surface area contributed by atoms with Crippen molar-refractivity contribution in [3.8, 4) is 0 Å². The summed E-state index contributed by atoms with van der Waals surface area (Å²) in [5.41, 5.74) is 6.27. The highest BCUT2D eigenvalue weighted by Gasteiger charge is 2.27. The van der Waals surface area contributed by atoms with Gasteiger partial charge in [0.2, 0.25) is 17.8 Å². The zero-order chi connectivity index (χ0) is 16.9. The second-order valence-electron chi connectivity index (χ2n) is 5.76. The fourth-order valence-corrected chi connectivity index (χ4v) is 2.79. The molecule has 1 atom stereocenters. The molecule has 2 heterocycles. The molecule has 2 amide bonds. The summed E-state index contributed by atoms with van der Waals surface area (Å²) in [4.78, 5) is 34.1. The number of hydrogen-bond donors (Lipinski definition) is 2. The number of carbonyl (C=O) groups excluding carboxylic acids is 2. The molecule has 24 heavy (non-hydrogen) atoms. The normalized spacial score (nSPS) is 17.3. The van der Waals surface area contributed by atoms with Gasteiger partial charge in [-0.2, -0.15) is 0 Å². The third-order valence-electron chi connectivity index (χ3n) is 4.06. The summed E-state index contributed by atoms with van der Waals surface area (Å²) >= 11 is 0. The molecular weight excluding hydrogens is 306 g/mol. The first-order valence-corrected chi connectivity index (χ1v) is 7.86. The Kier molecular flexibility index (Phi) is 4.69. The van der Waals surface area contributed by atoms with Crippen molar-refractivity contribution in [3.63, 3.8) is 0 Å². The van der Waals surface area contributed by atoms with E-state index in [1.54, 1.807) is 42.7 Å². The predicted octanol–water partition coefficient (Wildman–Crippen LogP) is 1.43. The number of primary amides is 1. The van der Waals surface area contributed by atoms with Crippen LogP contribution in [0.5, 0.6) is 0 Å². The molecule has 0 radical (unpaired) electrons. The maximum atomic E-state index is 12.5. The number of nitrogens with zero attached hydrogens (tertiary/aromatic N) is 3. The third-order valence-corrected chi connectivity index (χ3v) is 4.06. The van der Waals surface area contributed by atoms with E-state index >= 15 is 0 Å². The number of benzene rings is 1. The molecule has 0 aliphatic carbocycles. The highest BCUT2D eigenvalue weighted by molar-refractivity contribution is 5.95. The lowest BCUT2D eigenvalue weighted by Gasteiger charge is -2.31. The first kappa shape index (κ1) is 15.9. The minimum atomic E-state index is -0.487. The van der Waals surface area contributed by atoms with E-state index in [-0.39, 0.29) is 11.8 Å². The summed E-state index contributed by atoms with van der Waals surface area (Å²) in [6.45, 7) is 1.44. The van der Waals surface area contributed by atoms with E-state index in [2.05, 4.69) is 15.3 Å². The lowest BCUT2D eigenvalue weighted by Crippen LogP contribution is -2.41. The van der Waals surface area contributed by atoms with Crippen LogP contribution >= 0.6 is 0 Å². The highest BCUT2D eigenvalue weighted by Crippen LogP contribution is 2.21. The van der Waals surface area contributed by atoms with E-state index in [0.29, 0.717) is 23.7 Å². The number of anilines is 2. The van der Waals surface area contributed by atoms with Crippen LogP contribution in [0, 0.1) is 5.92 Å². The van der Waals surface area contributed by atoms with Gasteiger partial charge in [-0.3, -0.25) is 9.59 Å². The molecule has 0 saturated carbocycles. The van der Waals surface area contributed by atoms with Crippen molar-refractivity contribution in [2.45, 2.75) is 12.8 Å². The number of carbonyl (C=O) groups is 2. The number of nitrogens with one attached hydrogen (secondary N) is 1. The zero-order valence-corrected chi connectivity index (χ0v) is 13.2. The molecule has 2 aromatic rings.